The first-order valence-electron chi connectivity index (χ1n) is 8.10. The number of nitrogens with zero attached hydrogens (tertiary/aromatic N) is 2. The summed E-state index contributed by atoms with van der Waals surface area (Å²) < 4.78 is 0. The van der Waals surface area contributed by atoms with Crippen molar-refractivity contribution in [1.82, 2.24) is 20.6 Å². The van der Waals surface area contributed by atoms with Crippen molar-refractivity contribution < 1.29 is 9.59 Å². The largest absolute Gasteiger partial charge is 0.338 e. The lowest BCUT2D eigenvalue weighted by atomic mass is 10.2. The number of para-hydroxylation sites is 1. The number of fused-ring (bicyclic) bond motifs is 1. The van der Waals surface area contributed by atoms with Gasteiger partial charge in [0.05, 0.1) is 10.8 Å². The molecule has 6 nitrogen and oxygen atoms in total. The number of thioether (sulfide) groups is 1. The second-order valence-corrected chi connectivity index (χ2v) is 7.12. The van der Waals surface area contributed by atoms with E-state index in [9.17, 15) is 9.59 Å². The van der Waals surface area contributed by atoms with Crippen LogP contribution in [0.25, 0.3) is 10.9 Å². The van der Waals surface area contributed by atoms with Gasteiger partial charge in [-0.15, -0.1) is 0 Å². The first kappa shape index (κ1) is 16.7. The molecule has 0 bridgehead atoms. The number of carbonyl (C=O) groups is 2. The average Bonchev–Trinajstić information content (AvgIpc) is 3.39. The van der Waals surface area contributed by atoms with Gasteiger partial charge in [-0.05, 0) is 32.8 Å². The van der Waals surface area contributed by atoms with Crippen LogP contribution in [-0.2, 0) is 4.79 Å². The summed E-state index contributed by atoms with van der Waals surface area (Å²) in [7, 11) is 0. The number of nitrogens with one attached hydrogen (secondary N) is 2. The van der Waals surface area contributed by atoms with E-state index in [1.165, 1.54) is 11.8 Å². The van der Waals surface area contributed by atoms with Crippen LogP contribution in [0.1, 0.15) is 38.4 Å². The summed E-state index contributed by atoms with van der Waals surface area (Å²) in [4.78, 5) is 33.0. The van der Waals surface area contributed by atoms with Gasteiger partial charge in [0.1, 0.15) is 10.9 Å². The Morgan fingerprint density at radius 1 is 1.29 bits per heavy atom. The molecule has 1 aromatic heterocycles. The van der Waals surface area contributed by atoms with Crippen molar-refractivity contribution in [3.63, 3.8) is 0 Å². The summed E-state index contributed by atoms with van der Waals surface area (Å²) in [6.45, 7) is 4.05. The summed E-state index contributed by atoms with van der Waals surface area (Å²) >= 11 is 1.36. The van der Waals surface area contributed by atoms with Gasteiger partial charge in [0.15, 0.2) is 0 Å². The van der Waals surface area contributed by atoms with Crippen molar-refractivity contribution in [2.75, 3.05) is 6.54 Å². The van der Waals surface area contributed by atoms with Gasteiger partial charge in [-0.25, -0.2) is 14.8 Å². The van der Waals surface area contributed by atoms with E-state index in [0.29, 0.717) is 12.5 Å². The molecule has 1 aliphatic rings. The van der Waals surface area contributed by atoms with Gasteiger partial charge in [-0.1, -0.05) is 30.0 Å². The van der Waals surface area contributed by atoms with Crippen LogP contribution in [0.4, 0.5) is 4.79 Å². The van der Waals surface area contributed by atoms with Crippen LogP contribution in [0.3, 0.4) is 0 Å². The second kappa shape index (κ2) is 7.17. The number of hydrogen-bond acceptors (Lipinski definition) is 5. The number of urea groups is 1. The minimum Gasteiger partial charge on any atom is -0.338 e. The molecular formula is C17H20N4O2S. The number of rotatable bonds is 5. The van der Waals surface area contributed by atoms with Crippen molar-refractivity contribution in [1.29, 1.82) is 0 Å². The van der Waals surface area contributed by atoms with E-state index in [2.05, 4.69) is 20.6 Å². The number of imide groups is 1. The molecule has 1 aliphatic carbocycles. The van der Waals surface area contributed by atoms with Crippen molar-refractivity contribution >= 4 is 34.6 Å². The zero-order valence-corrected chi connectivity index (χ0v) is 14.5. The molecular weight excluding hydrogens is 324 g/mol. The van der Waals surface area contributed by atoms with Crippen LogP contribution in [0.2, 0.25) is 0 Å². The number of benzene rings is 1. The topological polar surface area (TPSA) is 84.0 Å². The summed E-state index contributed by atoms with van der Waals surface area (Å²) in [5, 5.41) is 6.19. The number of carbonyl (C=O) groups excluding carboxylic acids is 2. The third-order valence-corrected chi connectivity index (χ3v) is 4.86. The van der Waals surface area contributed by atoms with E-state index in [1.807, 2.05) is 24.3 Å². The Kier molecular flexibility index (Phi) is 4.99. The Labute approximate surface area is 144 Å². The molecule has 0 radical (unpaired) electrons. The molecule has 1 heterocycles. The van der Waals surface area contributed by atoms with Gasteiger partial charge in [0, 0.05) is 17.8 Å². The van der Waals surface area contributed by atoms with Gasteiger partial charge in [-0.2, -0.15) is 0 Å². The highest BCUT2D eigenvalue weighted by atomic mass is 32.2. The van der Waals surface area contributed by atoms with E-state index in [4.69, 9.17) is 0 Å². The molecule has 0 saturated heterocycles. The zero-order chi connectivity index (χ0) is 17.1. The Morgan fingerprint density at radius 2 is 2.04 bits per heavy atom. The summed E-state index contributed by atoms with van der Waals surface area (Å²) in [6, 6.07) is 7.34. The van der Waals surface area contributed by atoms with Crippen molar-refractivity contribution in [3.05, 3.63) is 30.1 Å². The SMILES string of the molecule is CCNC(=O)NC(=O)C(C)Sc1nc(C2CC2)nc2ccccc12. The Bertz CT molecular complexity index is 776. The molecule has 3 rings (SSSR count). The quantitative estimate of drug-likeness (QED) is 0.644. The van der Waals surface area contributed by atoms with Gasteiger partial charge >= 0.3 is 6.03 Å². The lowest BCUT2D eigenvalue weighted by Gasteiger charge is -2.13. The maximum Gasteiger partial charge on any atom is 0.321 e. The van der Waals surface area contributed by atoms with Crippen LogP contribution in [0, 0.1) is 0 Å². The molecule has 7 heteroatoms. The van der Waals surface area contributed by atoms with Crippen molar-refractivity contribution in [3.8, 4) is 0 Å². The molecule has 0 aliphatic heterocycles. The molecule has 2 aromatic rings. The molecule has 24 heavy (non-hydrogen) atoms. The average molecular weight is 344 g/mol. The minimum absolute atomic E-state index is 0.332. The number of hydrogen-bond donors (Lipinski definition) is 2. The van der Waals surface area contributed by atoms with Crippen LogP contribution >= 0.6 is 11.8 Å². The third-order valence-electron chi connectivity index (χ3n) is 3.76. The van der Waals surface area contributed by atoms with Crippen LogP contribution < -0.4 is 10.6 Å². The van der Waals surface area contributed by atoms with E-state index in [0.717, 1.165) is 34.6 Å². The standard InChI is InChI=1S/C17H20N4O2S/c1-3-18-17(23)21-15(22)10(2)24-16-12-6-4-5-7-13(12)19-14(20-16)11-8-9-11/h4-7,10-11H,3,8-9H2,1-2H3,(H2,18,21,22,23). The summed E-state index contributed by atoms with van der Waals surface area (Å²) in [5.74, 6) is 0.961. The highest BCUT2D eigenvalue weighted by molar-refractivity contribution is 8.00. The fourth-order valence-electron chi connectivity index (χ4n) is 2.32. The van der Waals surface area contributed by atoms with E-state index >= 15 is 0 Å². The predicted octanol–water partition coefficient (Wildman–Crippen LogP) is 2.83. The lowest BCUT2D eigenvalue weighted by Crippen LogP contribution is -2.42. The monoisotopic (exact) mass is 344 g/mol. The zero-order valence-electron chi connectivity index (χ0n) is 13.7. The Morgan fingerprint density at radius 3 is 2.75 bits per heavy atom. The molecule has 0 spiro atoms. The molecule has 2 N–H and O–H groups in total. The molecule has 1 fully saturated rings. The van der Waals surface area contributed by atoms with E-state index < -0.39 is 11.3 Å². The third kappa shape index (κ3) is 3.84. The second-order valence-electron chi connectivity index (χ2n) is 5.79. The molecule has 1 saturated carbocycles. The van der Waals surface area contributed by atoms with Gasteiger partial charge in [0.25, 0.3) is 0 Å². The Hall–Kier alpha value is -2.15. The fraction of sp³-hybridized carbons (Fsp3) is 0.412. The van der Waals surface area contributed by atoms with E-state index in [1.54, 1.807) is 13.8 Å². The van der Waals surface area contributed by atoms with Gasteiger partial charge in [-0.3, -0.25) is 10.1 Å². The smallest absolute Gasteiger partial charge is 0.321 e. The number of aromatic nitrogens is 2. The fourth-order valence-corrected chi connectivity index (χ4v) is 3.26. The van der Waals surface area contributed by atoms with Crippen molar-refractivity contribution in [2.24, 2.45) is 0 Å². The molecule has 1 aromatic carbocycles. The normalized spacial score (nSPS) is 15.1. The van der Waals surface area contributed by atoms with Crippen molar-refractivity contribution in [2.45, 2.75) is 42.9 Å². The van der Waals surface area contributed by atoms with Crippen LogP contribution in [0.15, 0.2) is 29.3 Å². The Balaban J connectivity index is 1.80. The lowest BCUT2D eigenvalue weighted by molar-refractivity contribution is -0.119. The predicted molar refractivity (Wildman–Crippen MR) is 94.0 cm³/mol. The molecule has 1 unspecified atom stereocenters. The summed E-state index contributed by atoms with van der Waals surface area (Å²) in [6.07, 6.45) is 2.24. The van der Waals surface area contributed by atoms with Crippen LogP contribution in [-0.4, -0.2) is 33.7 Å². The number of amides is 3. The molecule has 126 valence electrons. The maximum atomic E-state index is 12.2. The highest BCUT2D eigenvalue weighted by Crippen LogP contribution is 2.40. The first-order valence-corrected chi connectivity index (χ1v) is 8.98. The minimum atomic E-state index is -0.471. The molecule has 1 atom stereocenters. The van der Waals surface area contributed by atoms with Gasteiger partial charge in [0.2, 0.25) is 5.91 Å². The summed E-state index contributed by atoms with van der Waals surface area (Å²) in [5.41, 5.74) is 0.897. The molecule has 3 amide bonds. The van der Waals surface area contributed by atoms with Gasteiger partial charge < -0.3 is 5.32 Å². The van der Waals surface area contributed by atoms with Crippen LogP contribution in [0.5, 0.6) is 0 Å². The maximum absolute atomic E-state index is 12.2. The first-order chi connectivity index (χ1) is 11.6. The van der Waals surface area contributed by atoms with E-state index in [-0.39, 0.29) is 5.91 Å². The highest BCUT2D eigenvalue weighted by Gasteiger charge is 2.28.